The fourth-order valence-electron chi connectivity index (χ4n) is 2.96. The zero-order chi connectivity index (χ0) is 18.9. The van der Waals surface area contributed by atoms with Gasteiger partial charge in [0.2, 0.25) is 5.72 Å². The van der Waals surface area contributed by atoms with Gasteiger partial charge in [-0.25, -0.2) is 4.79 Å². The minimum atomic E-state index is -5.28. The number of aliphatic hydroxyl groups is 1. The number of halogens is 3. The molecule has 0 saturated carbocycles. The third kappa shape index (κ3) is 3.01. The molecule has 2 aromatic rings. The van der Waals surface area contributed by atoms with E-state index in [4.69, 9.17) is 0 Å². The maximum absolute atomic E-state index is 13.7. The molecule has 1 aliphatic heterocycles. The Bertz CT molecular complexity index is 814. The van der Waals surface area contributed by atoms with E-state index in [1.54, 1.807) is 6.07 Å². The molecule has 2 amide bonds. The van der Waals surface area contributed by atoms with Gasteiger partial charge >= 0.3 is 12.2 Å². The summed E-state index contributed by atoms with van der Waals surface area (Å²) in [6, 6.07) is 7.50. The molecular formula is C17H14F3N3O3. The number of amides is 2. The molecule has 3 N–H and O–H groups in total. The smallest absolute Gasteiger partial charge is 0.363 e. The first kappa shape index (κ1) is 17.9. The predicted octanol–water partition coefficient (Wildman–Crippen LogP) is 2.19. The summed E-state index contributed by atoms with van der Waals surface area (Å²) in [6.45, 7) is 0. The minimum Gasteiger partial charge on any atom is -0.363 e. The van der Waals surface area contributed by atoms with Crippen molar-refractivity contribution in [3.63, 3.8) is 0 Å². The number of pyridine rings is 1. The van der Waals surface area contributed by atoms with Gasteiger partial charge in [0.05, 0.1) is 6.04 Å². The molecule has 0 unspecified atom stereocenters. The number of alkyl halides is 3. The number of aromatic nitrogens is 1. The third-order valence-electron chi connectivity index (χ3n) is 4.19. The van der Waals surface area contributed by atoms with Crippen LogP contribution < -0.4 is 10.6 Å². The number of rotatable bonds is 3. The largest absolute Gasteiger partial charge is 0.437 e. The van der Waals surface area contributed by atoms with Crippen molar-refractivity contribution in [1.29, 1.82) is 0 Å². The van der Waals surface area contributed by atoms with Gasteiger partial charge in [-0.05, 0) is 11.6 Å². The molecule has 3 atom stereocenters. The lowest BCUT2D eigenvalue weighted by Crippen LogP contribution is -2.72. The first-order valence-corrected chi connectivity index (χ1v) is 7.61. The maximum Gasteiger partial charge on any atom is 0.437 e. The molecule has 3 rings (SSSR count). The number of hydrogen-bond acceptors (Lipinski definition) is 4. The van der Waals surface area contributed by atoms with E-state index in [-0.39, 0.29) is 11.1 Å². The van der Waals surface area contributed by atoms with Crippen LogP contribution >= 0.6 is 0 Å². The van der Waals surface area contributed by atoms with Gasteiger partial charge in [-0.3, -0.25) is 9.78 Å². The molecule has 0 radical (unpaired) electrons. The van der Waals surface area contributed by atoms with Gasteiger partial charge in [0, 0.05) is 18.0 Å². The SMILES string of the molecule is O=C1N[C@@H](c2cccnc2)[C@H](C(=O)c2ccccc2)[C@@](O)(C(F)(F)F)N1. The molecule has 0 aliphatic carbocycles. The van der Waals surface area contributed by atoms with Crippen LogP contribution in [-0.2, 0) is 0 Å². The van der Waals surface area contributed by atoms with Crippen LogP contribution in [0.2, 0.25) is 0 Å². The second kappa shape index (κ2) is 6.41. The fourth-order valence-corrected chi connectivity index (χ4v) is 2.96. The van der Waals surface area contributed by atoms with E-state index in [1.807, 2.05) is 0 Å². The minimum absolute atomic E-state index is 0.0213. The molecule has 1 saturated heterocycles. The van der Waals surface area contributed by atoms with Crippen LogP contribution in [0.3, 0.4) is 0 Å². The highest BCUT2D eigenvalue weighted by molar-refractivity contribution is 6.00. The second-order valence-corrected chi connectivity index (χ2v) is 5.83. The molecule has 0 spiro atoms. The first-order valence-electron chi connectivity index (χ1n) is 7.61. The van der Waals surface area contributed by atoms with Crippen LogP contribution in [0.5, 0.6) is 0 Å². The van der Waals surface area contributed by atoms with Crippen LogP contribution in [0.15, 0.2) is 54.9 Å². The molecule has 1 aliphatic rings. The topological polar surface area (TPSA) is 91.3 Å². The molecule has 0 bridgehead atoms. The van der Waals surface area contributed by atoms with Crippen LogP contribution in [0.4, 0.5) is 18.0 Å². The van der Waals surface area contributed by atoms with E-state index in [0.717, 1.165) is 0 Å². The van der Waals surface area contributed by atoms with Crippen LogP contribution in [0.25, 0.3) is 0 Å². The molecule has 1 aromatic heterocycles. The van der Waals surface area contributed by atoms with E-state index in [9.17, 15) is 27.9 Å². The molecule has 26 heavy (non-hydrogen) atoms. The summed E-state index contributed by atoms with van der Waals surface area (Å²) in [5, 5.41) is 14.1. The summed E-state index contributed by atoms with van der Waals surface area (Å²) in [6.07, 6.45) is -2.64. The van der Waals surface area contributed by atoms with E-state index in [0.29, 0.717) is 0 Å². The van der Waals surface area contributed by atoms with Gasteiger partial charge in [-0.2, -0.15) is 13.2 Å². The van der Waals surface area contributed by atoms with Crippen molar-refractivity contribution in [2.75, 3.05) is 0 Å². The number of Topliss-reactive ketones (excluding diaryl/α,β-unsaturated/α-hetero) is 1. The molecule has 1 aromatic carbocycles. The average molecular weight is 365 g/mol. The number of ketones is 1. The Hall–Kier alpha value is -2.94. The summed E-state index contributed by atoms with van der Waals surface area (Å²) < 4.78 is 41.0. The summed E-state index contributed by atoms with van der Waals surface area (Å²) in [5.74, 6) is -3.02. The molecule has 2 heterocycles. The highest BCUT2D eigenvalue weighted by Gasteiger charge is 2.66. The summed E-state index contributed by atoms with van der Waals surface area (Å²) >= 11 is 0. The number of carbonyl (C=O) groups excluding carboxylic acids is 2. The van der Waals surface area contributed by atoms with E-state index < -0.39 is 35.7 Å². The van der Waals surface area contributed by atoms with Gasteiger partial charge in [-0.1, -0.05) is 36.4 Å². The highest BCUT2D eigenvalue weighted by atomic mass is 19.4. The van der Waals surface area contributed by atoms with Crippen molar-refractivity contribution in [3.8, 4) is 0 Å². The zero-order valence-electron chi connectivity index (χ0n) is 13.2. The number of carbonyl (C=O) groups is 2. The van der Waals surface area contributed by atoms with Crippen LogP contribution in [0, 0.1) is 5.92 Å². The fraction of sp³-hybridized carbons (Fsp3) is 0.235. The lowest BCUT2D eigenvalue weighted by Gasteiger charge is -2.44. The standard InChI is InChI=1S/C17H14F3N3O3/c18-17(19,20)16(26)12(14(24)10-5-2-1-3-6-10)13(22-15(25)23-16)11-7-4-8-21-9-11/h1-9,12-13,26H,(H2,22,23,25)/t12-,13+,16-/m1/s1. The van der Waals surface area contributed by atoms with Crippen LogP contribution in [0.1, 0.15) is 22.0 Å². The van der Waals surface area contributed by atoms with Crippen molar-refractivity contribution >= 4 is 11.8 Å². The molecule has 136 valence electrons. The van der Waals surface area contributed by atoms with Gasteiger partial charge in [0.1, 0.15) is 5.92 Å². The van der Waals surface area contributed by atoms with Crippen LogP contribution in [-0.4, -0.2) is 33.8 Å². The Morgan fingerprint density at radius 1 is 1.15 bits per heavy atom. The van der Waals surface area contributed by atoms with Crippen molar-refractivity contribution in [1.82, 2.24) is 15.6 Å². The average Bonchev–Trinajstić information content (AvgIpc) is 2.61. The van der Waals surface area contributed by atoms with Crippen molar-refractivity contribution in [2.24, 2.45) is 5.92 Å². The lowest BCUT2D eigenvalue weighted by atomic mass is 9.77. The Morgan fingerprint density at radius 2 is 1.85 bits per heavy atom. The summed E-state index contributed by atoms with van der Waals surface area (Å²) in [5.41, 5.74) is -3.59. The van der Waals surface area contributed by atoms with Gasteiger partial charge in [0.25, 0.3) is 0 Å². The zero-order valence-corrected chi connectivity index (χ0v) is 13.2. The second-order valence-electron chi connectivity index (χ2n) is 5.83. The molecule has 1 fully saturated rings. The van der Waals surface area contributed by atoms with Gasteiger partial charge in [0.15, 0.2) is 5.78 Å². The lowest BCUT2D eigenvalue weighted by molar-refractivity contribution is -0.287. The normalized spacial score (nSPS) is 25.9. The third-order valence-corrected chi connectivity index (χ3v) is 4.19. The highest BCUT2D eigenvalue weighted by Crippen LogP contribution is 2.43. The quantitative estimate of drug-likeness (QED) is 0.727. The van der Waals surface area contributed by atoms with Crippen molar-refractivity contribution in [2.45, 2.75) is 17.9 Å². The monoisotopic (exact) mass is 365 g/mol. The Labute approximate surface area is 146 Å². The Kier molecular flexibility index (Phi) is 4.41. The molecule has 6 nitrogen and oxygen atoms in total. The molecule has 9 heteroatoms. The Morgan fingerprint density at radius 3 is 2.42 bits per heavy atom. The van der Waals surface area contributed by atoms with Gasteiger partial charge < -0.3 is 15.7 Å². The first-order chi connectivity index (χ1) is 12.2. The van der Waals surface area contributed by atoms with Gasteiger partial charge in [-0.15, -0.1) is 0 Å². The molecular weight excluding hydrogens is 351 g/mol. The summed E-state index contributed by atoms with van der Waals surface area (Å²) in [4.78, 5) is 28.5. The number of nitrogens with one attached hydrogen (secondary N) is 2. The number of hydrogen-bond donors (Lipinski definition) is 3. The van der Waals surface area contributed by atoms with Crippen molar-refractivity contribution < 1.29 is 27.9 Å². The number of nitrogens with zero attached hydrogens (tertiary/aromatic N) is 1. The summed E-state index contributed by atoms with van der Waals surface area (Å²) in [7, 11) is 0. The van der Waals surface area contributed by atoms with E-state index >= 15 is 0 Å². The predicted molar refractivity (Wildman–Crippen MR) is 83.9 cm³/mol. The van der Waals surface area contributed by atoms with Crippen molar-refractivity contribution in [3.05, 3.63) is 66.0 Å². The van der Waals surface area contributed by atoms with E-state index in [1.165, 1.54) is 54.1 Å². The van der Waals surface area contributed by atoms with E-state index in [2.05, 4.69) is 10.3 Å². The maximum atomic E-state index is 13.7. The number of urea groups is 1. The number of benzene rings is 1. The Balaban J connectivity index is 2.15.